The molecule has 0 spiro atoms. The zero-order valence-corrected chi connectivity index (χ0v) is 39.7. The minimum Gasteiger partial charge on any atom is -0.467 e. The van der Waals surface area contributed by atoms with Crippen molar-refractivity contribution in [3.8, 4) is 0 Å². The second kappa shape index (κ2) is 21.7. The van der Waals surface area contributed by atoms with Crippen molar-refractivity contribution < 1.29 is 76.3 Å². The minimum atomic E-state index is -1.98. The molecule has 0 aliphatic carbocycles. The first-order valence-corrected chi connectivity index (χ1v) is 20.9. The van der Waals surface area contributed by atoms with Crippen molar-refractivity contribution in [2.45, 2.75) is 113 Å². The van der Waals surface area contributed by atoms with Crippen molar-refractivity contribution in [3.63, 3.8) is 0 Å². The molecule has 0 aromatic rings. The summed E-state index contributed by atoms with van der Waals surface area (Å²) in [5, 5.41) is 10.5. The average molecular weight is 937 g/mol. The summed E-state index contributed by atoms with van der Waals surface area (Å²) < 4.78 is 44.5. The number of ether oxygens (including phenoxy) is 8. The molecule has 0 saturated heterocycles. The van der Waals surface area contributed by atoms with E-state index in [0.29, 0.717) is 0 Å². The molecule has 4 N–H and O–H groups in total. The Morgan fingerprint density at radius 3 is 0.758 bits per heavy atom. The highest BCUT2D eigenvalue weighted by Gasteiger charge is 2.48. The van der Waals surface area contributed by atoms with Crippen molar-refractivity contribution in [1.29, 1.82) is 0 Å². The van der Waals surface area contributed by atoms with Crippen LogP contribution in [-0.4, -0.2) is 198 Å². The third kappa shape index (κ3) is 12.8. The number of carbonyl (C=O) groups is 8. The van der Waals surface area contributed by atoms with Gasteiger partial charge in [0.15, 0.2) is 44.6 Å². The highest BCUT2D eigenvalue weighted by Crippen LogP contribution is 2.22. The van der Waals surface area contributed by atoms with Crippen LogP contribution in [-0.2, 0) is 76.3 Å². The second-order valence-corrected chi connectivity index (χ2v) is 17.5. The van der Waals surface area contributed by atoms with Gasteiger partial charge in [-0.05, 0) is 68.2 Å². The molecule has 0 aromatic heterocycles. The van der Waals surface area contributed by atoms with E-state index in [2.05, 4.69) is 41.2 Å². The zero-order valence-electron chi connectivity index (χ0n) is 39.7. The molecule has 4 amide bonds. The quantitative estimate of drug-likeness (QED) is 0.182. The summed E-state index contributed by atoms with van der Waals surface area (Å²) in [6.45, 7) is 7.77. The molecule has 6 aliphatic heterocycles. The normalized spacial score (nSPS) is 35.8. The summed E-state index contributed by atoms with van der Waals surface area (Å²) in [7, 11) is 4.45. The Balaban J connectivity index is 2.30. The molecule has 368 valence electrons. The van der Waals surface area contributed by atoms with Crippen molar-refractivity contribution in [1.82, 2.24) is 21.3 Å². The largest absolute Gasteiger partial charge is 0.467 e. The third-order valence-electron chi connectivity index (χ3n) is 11.1. The predicted octanol–water partition coefficient (Wildman–Crippen LogP) is -1.62. The van der Waals surface area contributed by atoms with Gasteiger partial charge in [0.2, 0.25) is 0 Å². The Morgan fingerprint density at radius 2 is 0.591 bits per heavy atom. The Hall–Kier alpha value is -5.72. The number of methoxy groups -OCH3 is 4. The number of nitrogens with zero attached hydrogens (tertiary/aromatic N) is 4. The van der Waals surface area contributed by atoms with Gasteiger partial charge in [-0.3, -0.25) is 39.1 Å². The molecule has 0 aromatic carbocycles. The second-order valence-electron chi connectivity index (χ2n) is 17.5. The maximum absolute atomic E-state index is 14.2. The van der Waals surface area contributed by atoms with E-state index >= 15 is 0 Å². The highest BCUT2D eigenvalue weighted by molar-refractivity contribution is 6.07. The first-order valence-electron chi connectivity index (χ1n) is 20.9. The summed E-state index contributed by atoms with van der Waals surface area (Å²) in [6, 6.07) is 0. The van der Waals surface area contributed by atoms with Crippen molar-refractivity contribution in [3.05, 3.63) is 0 Å². The van der Waals surface area contributed by atoms with Crippen LogP contribution in [0.4, 0.5) is 0 Å². The highest BCUT2D eigenvalue weighted by atomic mass is 16.5. The van der Waals surface area contributed by atoms with E-state index in [1.165, 1.54) is 55.4 Å². The monoisotopic (exact) mass is 936 g/mol. The molecule has 66 heavy (non-hydrogen) atoms. The van der Waals surface area contributed by atoms with Gasteiger partial charge in [-0.2, -0.15) is 0 Å². The number of hydrogen-bond donors (Lipinski definition) is 4. The molecule has 6 aliphatic rings. The van der Waals surface area contributed by atoms with E-state index in [9.17, 15) is 38.4 Å². The van der Waals surface area contributed by atoms with Gasteiger partial charge < -0.3 is 59.2 Å². The SMILES string of the molecule is COC(=O)[C@]1(C)CN=C[C@]2(C)OCCCO[C@@]3(C)C=NC[C@@](C)(C(=O)OC)NC(=O)[C@](C)(C=NC[C@@](C)(C(=O)OC)NC3=O)OCCCO[C@@](C)(C=NC[C@@](C)(C(=O)OC)NC2=O)C(=O)N1. The smallest absolute Gasteiger partial charge is 0.333 e. The van der Waals surface area contributed by atoms with Gasteiger partial charge in [-0.15, -0.1) is 0 Å². The summed E-state index contributed by atoms with van der Waals surface area (Å²) in [5.41, 5.74) is -15.3. The summed E-state index contributed by atoms with van der Waals surface area (Å²) in [6.07, 6.45) is 4.34. The molecule has 0 radical (unpaired) electrons. The Bertz CT molecular complexity index is 1720. The Morgan fingerprint density at radius 1 is 0.409 bits per heavy atom. The van der Waals surface area contributed by atoms with E-state index in [1.807, 2.05) is 0 Å². The number of amides is 4. The van der Waals surface area contributed by atoms with E-state index < -0.39 is 118 Å². The lowest BCUT2D eigenvalue weighted by molar-refractivity contribution is -0.154. The molecule has 4 bridgehead atoms. The molecule has 0 unspecified atom stereocenters. The van der Waals surface area contributed by atoms with Crippen molar-refractivity contribution >= 4 is 72.4 Å². The molecule has 0 fully saturated rings. The van der Waals surface area contributed by atoms with Crippen LogP contribution in [0.5, 0.6) is 0 Å². The fourth-order valence-corrected chi connectivity index (χ4v) is 6.53. The molecule has 24 nitrogen and oxygen atoms in total. The van der Waals surface area contributed by atoms with Crippen LogP contribution in [0.1, 0.15) is 68.2 Å². The maximum atomic E-state index is 14.2. The molecular weight excluding hydrogens is 873 g/mol. The van der Waals surface area contributed by atoms with E-state index in [4.69, 9.17) is 37.9 Å². The molecular formula is C42H64N8O16. The standard InChI is InChI=1S/C42H64N8O16/c1-35(31(55)59-9)19-43-23-40(6)28(52)48-36(2,32(56)60-10)20-44-24-39(5,27(51)47-35)63-15-13-17-65-41(7)25-45-21-38(4,34(58)62-12)50-30(54)42(8,66-18-14-16-64-40)26-46-22-37(3,33(57)61-11)49-29(41)53/h23-26H,13-22H2,1-12H3,(H,47,51)(H,48,52)(H,49,53)(H,50,54)/t35-,36-,37-,38-,39-,40-,41-,42-/m0/s1. The van der Waals surface area contributed by atoms with Gasteiger partial charge in [0, 0.05) is 24.9 Å². The predicted molar refractivity (Wildman–Crippen MR) is 234 cm³/mol. The number of esters is 4. The van der Waals surface area contributed by atoms with Crippen molar-refractivity contribution in [2.24, 2.45) is 20.0 Å². The van der Waals surface area contributed by atoms with E-state index in [-0.39, 0.29) is 39.3 Å². The lowest BCUT2D eigenvalue weighted by Gasteiger charge is -2.35. The third-order valence-corrected chi connectivity index (χ3v) is 11.1. The Labute approximate surface area is 383 Å². The van der Waals surface area contributed by atoms with Crippen LogP contribution in [0.2, 0.25) is 0 Å². The van der Waals surface area contributed by atoms with Crippen molar-refractivity contribution in [2.75, 3.05) is 81.0 Å². The first-order chi connectivity index (χ1) is 30.7. The lowest BCUT2D eigenvalue weighted by atomic mass is 9.97. The molecule has 6 heterocycles. The van der Waals surface area contributed by atoms with Gasteiger partial charge in [0.05, 0.1) is 81.0 Å². The van der Waals surface area contributed by atoms with Gasteiger partial charge in [0.1, 0.15) is 0 Å². The first kappa shape index (κ1) is 54.6. The maximum Gasteiger partial charge on any atom is 0.333 e. The minimum absolute atomic E-state index is 0.0203. The Kier molecular flexibility index (Phi) is 18.0. The fraction of sp³-hybridized carbons (Fsp3) is 0.714. The van der Waals surface area contributed by atoms with E-state index in [0.717, 1.165) is 53.3 Å². The van der Waals surface area contributed by atoms with Gasteiger partial charge in [-0.1, -0.05) is 0 Å². The van der Waals surface area contributed by atoms with Crippen LogP contribution < -0.4 is 21.3 Å². The number of carbonyl (C=O) groups excluding carboxylic acids is 8. The molecule has 8 atom stereocenters. The van der Waals surface area contributed by atoms with Crippen LogP contribution >= 0.6 is 0 Å². The van der Waals surface area contributed by atoms with Gasteiger partial charge >= 0.3 is 23.9 Å². The average Bonchev–Trinajstić information content (AvgIpc) is 3.26. The summed E-state index contributed by atoms with van der Waals surface area (Å²) in [5.74, 6) is -7.14. The summed E-state index contributed by atoms with van der Waals surface area (Å²) >= 11 is 0. The summed E-state index contributed by atoms with van der Waals surface area (Å²) in [4.78, 5) is 127. The van der Waals surface area contributed by atoms with Crippen LogP contribution in [0.25, 0.3) is 0 Å². The van der Waals surface area contributed by atoms with Gasteiger partial charge in [-0.25, -0.2) is 19.2 Å². The topological polar surface area (TPSA) is 308 Å². The van der Waals surface area contributed by atoms with E-state index in [1.54, 1.807) is 0 Å². The molecule has 6 rings (SSSR count). The number of nitrogens with one attached hydrogen (secondary N) is 4. The van der Waals surface area contributed by atoms with Gasteiger partial charge in [0.25, 0.3) is 23.6 Å². The molecule has 24 heteroatoms. The van der Waals surface area contributed by atoms with Crippen LogP contribution in [0, 0.1) is 0 Å². The lowest BCUT2D eigenvalue weighted by Crippen LogP contribution is -2.63. The van der Waals surface area contributed by atoms with Crippen LogP contribution in [0.15, 0.2) is 20.0 Å². The number of hydrogen-bond acceptors (Lipinski definition) is 20. The van der Waals surface area contributed by atoms with Crippen LogP contribution in [0.3, 0.4) is 0 Å². The molecule has 0 saturated carbocycles. The zero-order chi connectivity index (χ0) is 49.8. The fourth-order valence-electron chi connectivity index (χ4n) is 6.53. The number of aliphatic imine (C=N–C) groups is 4. The number of rotatable bonds is 4.